The van der Waals surface area contributed by atoms with Crippen molar-refractivity contribution in [3.63, 3.8) is 0 Å². The average Bonchev–Trinajstić information content (AvgIpc) is 2.93. The maximum atomic E-state index is 11.7. The fraction of sp³-hybridized carbons (Fsp3) is 0.154. The van der Waals surface area contributed by atoms with E-state index in [0.717, 1.165) is 6.07 Å². The number of nitrogens with zero attached hydrogens (tertiary/aromatic N) is 2. The highest BCUT2D eigenvalue weighted by molar-refractivity contribution is 6.31. The van der Waals surface area contributed by atoms with Gasteiger partial charge in [-0.1, -0.05) is 16.8 Å². The third kappa shape index (κ3) is 4.27. The van der Waals surface area contributed by atoms with Crippen LogP contribution in [0.4, 0.5) is 11.4 Å². The maximum absolute atomic E-state index is 11.7. The molecule has 2 rings (SSSR count). The molecule has 0 radical (unpaired) electrons. The number of amides is 1. The minimum absolute atomic E-state index is 0.0593. The van der Waals surface area contributed by atoms with Crippen LogP contribution in [-0.2, 0) is 9.53 Å². The Hall–Kier alpha value is -2.94. The molecule has 0 aliphatic carbocycles. The number of hydrogen-bond acceptors (Lipinski definition) is 7. The van der Waals surface area contributed by atoms with Crippen LogP contribution in [0, 0.1) is 17.0 Å². The summed E-state index contributed by atoms with van der Waals surface area (Å²) in [4.78, 5) is 33.5. The van der Waals surface area contributed by atoms with Crippen LogP contribution >= 0.6 is 11.6 Å². The number of halogens is 1. The van der Waals surface area contributed by atoms with E-state index >= 15 is 0 Å². The van der Waals surface area contributed by atoms with Crippen molar-refractivity contribution >= 4 is 34.9 Å². The number of aryl methyl sites for hydroxylation is 1. The Labute approximate surface area is 134 Å². The molecule has 0 fully saturated rings. The van der Waals surface area contributed by atoms with Crippen LogP contribution in [-0.4, -0.2) is 28.6 Å². The first-order valence-corrected chi connectivity index (χ1v) is 6.59. The van der Waals surface area contributed by atoms with Crippen LogP contribution in [0.3, 0.4) is 0 Å². The van der Waals surface area contributed by atoms with Crippen LogP contribution in [0.1, 0.15) is 16.2 Å². The van der Waals surface area contributed by atoms with Crippen LogP contribution in [0.2, 0.25) is 5.02 Å². The minimum Gasteiger partial charge on any atom is -0.450 e. The zero-order valence-corrected chi connectivity index (χ0v) is 12.5. The van der Waals surface area contributed by atoms with Gasteiger partial charge in [0, 0.05) is 17.2 Å². The van der Waals surface area contributed by atoms with Gasteiger partial charge in [0.15, 0.2) is 6.61 Å². The van der Waals surface area contributed by atoms with Crippen molar-refractivity contribution in [2.24, 2.45) is 0 Å². The number of anilines is 1. The predicted molar refractivity (Wildman–Crippen MR) is 78.3 cm³/mol. The van der Waals surface area contributed by atoms with Crippen LogP contribution in [0.5, 0.6) is 0 Å². The fourth-order valence-electron chi connectivity index (χ4n) is 1.61. The molecule has 23 heavy (non-hydrogen) atoms. The summed E-state index contributed by atoms with van der Waals surface area (Å²) in [6, 6.07) is 5.11. The van der Waals surface area contributed by atoms with Gasteiger partial charge in [-0.25, -0.2) is 4.79 Å². The second-order valence-electron chi connectivity index (χ2n) is 4.38. The summed E-state index contributed by atoms with van der Waals surface area (Å²) in [5.74, 6) is -1.76. The number of nitrogens with one attached hydrogen (secondary N) is 1. The lowest BCUT2D eigenvalue weighted by molar-refractivity contribution is -0.383. The Morgan fingerprint density at radius 1 is 1.43 bits per heavy atom. The molecule has 2 aromatic rings. The Morgan fingerprint density at radius 2 is 2.17 bits per heavy atom. The minimum atomic E-state index is -0.869. The Balaban J connectivity index is 1.97. The number of ether oxygens (including phenoxy) is 1. The molecule has 0 saturated carbocycles. The number of esters is 1. The molecule has 10 heteroatoms. The number of aromatic nitrogens is 1. The number of rotatable bonds is 5. The van der Waals surface area contributed by atoms with E-state index in [2.05, 4.69) is 15.0 Å². The monoisotopic (exact) mass is 339 g/mol. The molecule has 0 unspecified atom stereocenters. The van der Waals surface area contributed by atoms with Gasteiger partial charge in [0.05, 0.1) is 10.6 Å². The molecule has 1 aromatic carbocycles. The smallest absolute Gasteiger partial charge is 0.377 e. The molecule has 0 spiro atoms. The predicted octanol–water partition coefficient (Wildman–Crippen LogP) is 2.34. The van der Waals surface area contributed by atoms with E-state index in [1.54, 1.807) is 6.92 Å². The Bertz CT molecular complexity index is 773. The van der Waals surface area contributed by atoms with Crippen molar-refractivity contribution in [3.05, 3.63) is 50.9 Å². The zero-order chi connectivity index (χ0) is 17.0. The van der Waals surface area contributed by atoms with Gasteiger partial charge >= 0.3 is 5.97 Å². The normalized spacial score (nSPS) is 10.2. The molecule has 0 atom stereocenters. The molecule has 0 saturated heterocycles. The first-order chi connectivity index (χ1) is 10.9. The number of benzene rings is 1. The van der Waals surface area contributed by atoms with Gasteiger partial charge in [-0.15, -0.1) is 0 Å². The number of hydrogen-bond donors (Lipinski definition) is 1. The largest absolute Gasteiger partial charge is 0.450 e. The Morgan fingerprint density at radius 3 is 2.78 bits per heavy atom. The maximum Gasteiger partial charge on any atom is 0.377 e. The average molecular weight is 340 g/mol. The zero-order valence-electron chi connectivity index (χ0n) is 11.7. The van der Waals surface area contributed by atoms with Crippen LogP contribution < -0.4 is 5.32 Å². The molecular weight excluding hydrogens is 330 g/mol. The number of carbonyl (C=O) groups is 2. The van der Waals surface area contributed by atoms with Gasteiger partial charge in [0.2, 0.25) is 5.76 Å². The summed E-state index contributed by atoms with van der Waals surface area (Å²) in [7, 11) is 0. The molecule has 9 nitrogen and oxygen atoms in total. The van der Waals surface area contributed by atoms with Crippen molar-refractivity contribution in [1.29, 1.82) is 0 Å². The molecule has 0 bridgehead atoms. The van der Waals surface area contributed by atoms with Gasteiger partial charge in [0.25, 0.3) is 11.6 Å². The fourth-order valence-corrected chi connectivity index (χ4v) is 1.78. The second-order valence-corrected chi connectivity index (χ2v) is 4.81. The lowest BCUT2D eigenvalue weighted by atomic mass is 10.2. The van der Waals surface area contributed by atoms with Crippen LogP contribution in [0.15, 0.2) is 28.8 Å². The third-order valence-corrected chi connectivity index (χ3v) is 2.83. The van der Waals surface area contributed by atoms with Gasteiger partial charge in [-0.3, -0.25) is 14.9 Å². The van der Waals surface area contributed by atoms with Gasteiger partial charge in [-0.05, 0) is 19.1 Å². The highest BCUT2D eigenvalue weighted by atomic mass is 35.5. The topological polar surface area (TPSA) is 125 Å². The third-order valence-electron chi connectivity index (χ3n) is 2.59. The first-order valence-electron chi connectivity index (χ1n) is 6.21. The summed E-state index contributed by atoms with van der Waals surface area (Å²) in [5, 5.41) is 16.8. The van der Waals surface area contributed by atoms with E-state index < -0.39 is 23.4 Å². The van der Waals surface area contributed by atoms with Crippen molar-refractivity contribution in [3.8, 4) is 0 Å². The molecular formula is C13H10ClN3O6. The Kier molecular flexibility index (Phi) is 4.91. The molecule has 0 aliphatic rings. The van der Waals surface area contributed by atoms with E-state index in [0.29, 0.717) is 5.69 Å². The standard InChI is InChI=1S/C13H10ClN3O6/c1-7-4-11(23-16-7)13(19)22-6-12(18)15-9-3-2-8(14)5-10(9)17(20)21/h2-5H,6H2,1H3,(H,15,18). The molecule has 120 valence electrons. The van der Waals surface area contributed by atoms with E-state index in [1.165, 1.54) is 18.2 Å². The highest BCUT2D eigenvalue weighted by Gasteiger charge is 2.19. The molecule has 1 amide bonds. The van der Waals surface area contributed by atoms with Crippen molar-refractivity contribution < 1.29 is 23.8 Å². The molecule has 0 aliphatic heterocycles. The lowest BCUT2D eigenvalue weighted by Crippen LogP contribution is -2.21. The first kappa shape index (κ1) is 16.4. The second kappa shape index (κ2) is 6.88. The summed E-state index contributed by atoms with van der Waals surface area (Å²) >= 11 is 5.67. The number of nitro groups is 1. The van der Waals surface area contributed by atoms with E-state index in [-0.39, 0.29) is 22.2 Å². The van der Waals surface area contributed by atoms with Crippen molar-refractivity contribution in [2.75, 3.05) is 11.9 Å². The molecule has 1 aromatic heterocycles. The summed E-state index contributed by atoms with van der Waals surface area (Å²) < 4.78 is 9.40. The van der Waals surface area contributed by atoms with Gasteiger partial charge in [-0.2, -0.15) is 0 Å². The quantitative estimate of drug-likeness (QED) is 0.503. The van der Waals surface area contributed by atoms with Crippen LogP contribution in [0.25, 0.3) is 0 Å². The van der Waals surface area contributed by atoms with E-state index in [9.17, 15) is 19.7 Å². The summed E-state index contributed by atoms with van der Waals surface area (Å²) in [6.45, 7) is 0.977. The SMILES string of the molecule is Cc1cc(C(=O)OCC(=O)Nc2ccc(Cl)cc2[N+](=O)[O-])on1. The molecule has 1 N–H and O–H groups in total. The number of carbonyl (C=O) groups excluding carboxylic acids is 2. The summed E-state index contributed by atoms with van der Waals surface area (Å²) in [6.07, 6.45) is 0. The van der Waals surface area contributed by atoms with E-state index in [4.69, 9.17) is 16.3 Å². The number of nitro benzene ring substituents is 1. The lowest BCUT2D eigenvalue weighted by Gasteiger charge is -2.06. The molecule has 1 heterocycles. The highest BCUT2D eigenvalue weighted by Crippen LogP contribution is 2.27. The summed E-state index contributed by atoms with van der Waals surface area (Å²) in [5.41, 5.74) is 0.0529. The van der Waals surface area contributed by atoms with Gasteiger partial charge < -0.3 is 14.6 Å². The van der Waals surface area contributed by atoms with Crippen molar-refractivity contribution in [1.82, 2.24) is 5.16 Å². The van der Waals surface area contributed by atoms with Crippen molar-refractivity contribution in [2.45, 2.75) is 6.92 Å². The van der Waals surface area contributed by atoms with Gasteiger partial charge in [0.1, 0.15) is 5.69 Å². The van der Waals surface area contributed by atoms with E-state index in [1.807, 2.05) is 0 Å².